The van der Waals surface area contributed by atoms with Gasteiger partial charge in [-0.1, -0.05) is 6.92 Å². The van der Waals surface area contributed by atoms with Gasteiger partial charge in [0, 0.05) is 55.4 Å². The standard InChI is InChI=1S/C22H29N5O2/c1-4-16(2)24-22(29)20-15-17(9-10-23-20)21(28)25-18-5-7-19(8-6-18)27-13-11-26(3)12-14-27/h5-10,15-16H,4,11-14H2,1-3H3,(H,24,29)(H,25,28). The van der Waals surface area contributed by atoms with Gasteiger partial charge in [0.15, 0.2) is 0 Å². The molecule has 7 nitrogen and oxygen atoms in total. The average molecular weight is 396 g/mol. The molecule has 1 aromatic carbocycles. The Labute approximate surface area is 172 Å². The number of carbonyl (C=O) groups is 2. The third-order valence-corrected chi connectivity index (χ3v) is 5.24. The van der Waals surface area contributed by atoms with E-state index in [2.05, 4.69) is 32.5 Å². The number of hydrogen-bond acceptors (Lipinski definition) is 5. The molecule has 1 aromatic heterocycles. The van der Waals surface area contributed by atoms with E-state index in [9.17, 15) is 9.59 Å². The predicted octanol–water partition coefficient (Wildman–Crippen LogP) is 2.61. The van der Waals surface area contributed by atoms with Crippen molar-refractivity contribution in [3.05, 3.63) is 53.9 Å². The summed E-state index contributed by atoms with van der Waals surface area (Å²) in [6.07, 6.45) is 2.31. The smallest absolute Gasteiger partial charge is 0.270 e. The largest absolute Gasteiger partial charge is 0.369 e. The first kappa shape index (κ1) is 20.8. The molecule has 0 radical (unpaired) electrons. The SMILES string of the molecule is CCC(C)NC(=O)c1cc(C(=O)Nc2ccc(N3CCN(C)CC3)cc2)ccn1. The Kier molecular flexibility index (Phi) is 6.82. The second-order valence-corrected chi connectivity index (χ2v) is 7.50. The number of aromatic nitrogens is 1. The number of nitrogens with one attached hydrogen (secondary N) is 2. The molecule has 0 spiro atoms. The Morgan fingerprint density at radius 3 is 2.41 bits per heavy atom. The Balaban J connectivity index is 1.63. The van der Waals surface area contributed by atoms with Gasteiger partial charge in [-0.3, -0.25) is 14.6 Å². The minimum absolute atomic E-state index is 0.0561. The van der Waals surface area contributed by atoms with Crippen molar-refractivity contribution in [3.8, 4) is 0 Å². The molecule has 154 valence electrons. The molecule has 1 fully saturated rings. The van der Waals surface area contributed by atoms with Crippen LogP contribution in [0.5, 0.6) is 0 Å². The molecule has 2 N–H and O–H groups in total. The molecule has 1 aliphatic rings. The van der Waals surface area contributed by atoms with Gasteiger partial charge in [-0.05, 0) is 56.8 Å². The zero-order valence-corrected chi connectivity index (χ0v) is 17.3. The fraction of sp³-hybridized carbons (Fsp3) is 0.409. The van der Waals surface area contributed by atoms with Gasteiger partial charge in [-0.15, -0.1) is 0 Å². The number of anilines is 2. The van der Waals surface area contributed by atoms with Crippen molar-refractivity contribution in [1.82, 2.24) is 15.2 Å². The lowest BCUT2D eigenvalue weighted by molar-refractivity contribution is 0.0934. The number of piperazine rings is 1. The van der Waals surface area contributed by atoms with Crippen molar-refractivity contribution < 1.29 is 9.59 Å². The van der Waals surface area contributed by atoms with Crippen LogP contribution in [-0.2, 0) is 0 Å². The molecule has 2 aromatic rings. The lowest BCUT2D eigenvalue weighted by Gasteiger charge is -2.34. The molecule has 1 saturated heterocycles. The first-order valence-corrected chi connectivity index (χ1v) is 10.1. The molecule has 2 heterocycles. The van der Waals surface area contributed by atoms with E-state index in [1.165, 1.54) is 12.3 Å². The third kappa shape index (κ3) is 5.54. The summed E-state index contributed by atoms with van der Waals surface area (Å²) in [6, 6.07) is 11.0. The van der Waals surface area contributed by atoms with E-state index in [1.54, 1.807) is 6.07 Å². The van der Waals surface area contributed by atoms with Gasteiger partial charge in [0.2, 0.25) is 0 Å². The van der Waals surface area contributed by atoms with Gasteiger partial charge in [-0.25, -0.2) is 0 Å². The highest BCUT2D eigenvalue weighted by molar-refractivity contribution is 6.05. The molecule has 0 saturated carbocycles. The quantitative estimate of drug-likeness (QED) is 0.786. The molecular weight excluding hydrogens is 366 g/mol. The van der Waals surface area contributed by atoms with Crippen molar-refractivity contribution in [3.63, 3.8) is 0 Å². The van der Waals surface area contributed by atoms with Crippen LogP contribution in [0, 0.1) is 0 Å². The van der Waals surface area contributed by atoms with E-state index >= 15 is 0 Å². The summed E-state index contributed by atoms with van der Waals surface area (Å²) in [6.45, 7) is 8.03. The summed E-state index contributed by atoms with van der Waals surface area (Å²) in [5.74, 6) is -0.539. The molecule has 1 unspecified atom stereocenters. The maximum absolute atomic E-state index is 12.6. The van der Waals surface area contributed by atoms with E-state index in [0.29, 0.717) is 5.56 Å². The number of nitrogens with zero attached hydrogens (tertiary/aromatic N) is 3. The first-order chi connectivity index (χ1) is 14.0. The number of carbonyl (C=O) groups excluding carboxylic acids is 2. The number of amides is 2. The van der Waals surface area contributed by atoms with E-state index in [-0.39, 0.29) is 23.6 Å². The molecule has 2 amide bonds. The molecular formula is C22H29N5O2. The highest BCUT2D eigenvalue weighted by Gasteiger charge is 2.15. The number of hydrogen-bond donors (Lipinski definition) is 2. The normalized spacial score (nSPS) is 15.6. The zero-order chi connectivity index (χ0) is 20.8. The Morgan fingerprint density at radius 1 is 1.07 bits per heavy atom. The van der Waals surface area contributed by atoms with Crippen molar-refractivity contribution >= 4 is 23.2 Å². The summed E-state index contributed by atoms with van der Waals surface area (Å²) in [7, 11) is 2.13. The second-order valence-electron chi connectivity index (χ2n) is 7.50. The van der Waals surface area contributed by atoms with Crippen molar-refractivity contribution in [2.45, 2.75) is 26.3 Å². The van der Waals surface area contributed by atoms with Crippen molar-refractivity contribution in [1.29, 1.82) is 0 Å². The lowest BCUT2D eigenvalue weighted by atomic mass is 10.2. The van der Waals surface area contributed by atoms with Gasteiger partial charge in [0.1, 0.15) is 5.69 Å². The predicted molar refractivity (Wildman–Crippen MR) is 116 cm³/mol. The van der Waals surface area contributed by atoms with Crippen LogP contribution in [0.25, 0.3) is 0 Å². The van der Waals surface area contributed by atoms with Crippen molar-refractivity contribution in [2.24, 2.45) is 0 Å². The Hall–Kier alpha value is -2.93. The van der Waals surface area contributed by atoms with E-state index in [1.807, 2.05) is 38.1 Å². The summed E-state index contributed by atoms with van der Waals surface area (Å²) in [4.78, 5) is 33.6. The van der Waals surface area contributed by atoms with E-state index in [4.69, 9.17) is 0 Å². The monoisotopic (exact) mass is 395 g/mol. The van der Waals surface area contributed by atoms with Crippen LogP contribution < -0.4 is 15.5 Å². The summed E-state index contributed by atoms with van der Waals surface area (Å²) in [5.41, 5.74) is 2.51. The minimum Gasteiger partial charge on any atom is -0.369 e. The number of pyridine rings is 1. The van der Waals surface area contributed by atoms with Gasteiger partial charge >= 0.3 is 0 Å². The Bertz CT molecular complexity index is 845. The van der Waals surface area contributed by atoms with Gasteiger partial charge in [0.25, 0.3) is 11.8 Å². The fourth-order valence-corrected chi connectivity index (χ4v) is 3.12. The zero-order valence-electron chi connectivity index (χ0n) is 17.3. The first-order valence-electron chi connectivity index (χ1n) is 10.1. The van der Waals surface area contributed by atoms with Crippen LogP contribution in [0.4, 0.5) is 11.4 Å². The minimum atomic E-state index is -0.273. The maximum atomic E-state index is 12.6. The summed E-state index contributed by atoms with van der Waals surface area (Å²) in [5, 5.41) is 5.75. The second kappa shape index (κ2) is 9.52. The lowest BCUT2D eigenvalue weighted by Crippen LogP contribution is -2.44. The topological polar surface area (TPSA) is 77.6 Å². The van der Waals surface area contributed by atoms with Crippen LogP contribution in [0.15, 0.2) is 42.6 Å². The van der Waals surface area contributed by atoms with Crippen LogP contribution in [0.2, 0.25) is 0 Å². The number of benzene rings is 1. The van der Waals surface area contributed by atoms with Crippen LogP contribution in [-0.4, -0.2) is 61.0 Å². The van der Waals surface area contributed by atoms with E-state index < -0.39 is 0 Å². The van der Waals surface area contributed by atoms with Gasteiger partial charge in [-0.2, -0.15) is 0 Å². The van der Waals surface area contributed by atoms with Gasteiger partial charge < -0.3 is 20.4 Å². The molecule has 1 atom stereocenters. The van der Waals surface area contributed by atoms with Crippen molar-refractivity contribution in [2.75, 3.05) is 43.4 Å². The van der Waals surface area contributed by atoms with Crippen LogP contribution in [0.3, 0.4) is 0 Å². The highest BCUT2D eigenvalue weighted by atomic mass is 16.2. The van der Waals surface area contributed by atoms with Crippen LogP contribution >= 0.6 is 0 Å². The molecule has 29 heavy (non-hydrogen) atoms. The van der Waals surface area contributed by atoms with Gasteiger partial charge in [0.05, 0.1) is 0 Å². The molecule has 0 bridgehead atoms. The average Bonchev–Trinajstić information content (AvgIpc) is 2.75. The maximum Gasteiger partial charge on any atom is 0.270 e. The number of likely N-dealkylation sites (N-methyl/N-ethyl adjacent to an activating group) is 1. The van der Waals surface area contributed by atoms with E-state index in [0.717, 1.165) is 44.0 Å². The Morgan fingerprint density at radius 2 is 1.76 bits per heavy atom. The fourth-order valence-electron chi connectivity index (χ4n) is 3.12. The molecule has 1 aliphatic heterocycles. The summed E-state index contributed by atoms with van der Waals surface area (Å²) < 4.78 is 0. The summed E-state index contributed by atoms with van der Waals surface area (Å²) >= 11 is 0. The molecule has 0 aliphatic carbocycles. The highest BCUT2D eigenvalue weighted by Crippen LogP contribution is 2.20. The number of rotatable bonds is 6. The molecule has 7 heteroatoms. The van der Waals surface area contributed by atoms with Crippen LogP contribution in [0.1, 0.15) is 41.1 Å². The molecule has 3 rings (SSSR count). The third-order valence-electron chi connectivity index (χ3n) is 5.24.